The lowest BCUT2D eigenvalue weighted by atomic mass is 10.3. The fourth-order valence-electron chi connectivity index (χ4n) is 1.47. The van der Waals surface area contributed by atoms with Gasteiger partial charge in [-0.1, -0.05) is 0 Å². The van der Waals surface area contributed by atoms with E-state index in [2.05, 4.69) is 9.72 Å². The summed E-state index contributed by atoms with van der Waals surface area (Å²) in [5, 5.41) is 11.0. The fourth-order valence-corrected chi connectivity index (χ4v) is 1.47. The number of ether oxygens (including phenoxy) is 2. The number of pyridine rings is 1. The van der Waals surface area contributed by atoms with Crippen molar-refractivity contribution in [1.29, 1.82) is 0 Å². The summed E-state index contributed by atoms with van der Waals surface area (Å²) in [7, 11) is 2.66. The van der Waals surface area contributed by atoms with Crippen LogP contribution in [-0.4, -0.2) is 43.2 Å². The van der Waals surface area contributed by atoms with Gasteiger partial charge in [0, 0.05) is 18.7 Å². The molecule has 0 aliphatic rings. The summed E-state index contributed by atoms with van der Waals surface area (Å²) in [6, 6.07) is 2.69. The molecule has 0 amide bonds. The van der Waals surface area contributed by atoms with Gasteiger partial charge in [0.2, 0.25) is 11.7 Å². The molecule has 0 aliphatic heterocycles. The van der Waals surface area contributed by atoms with Gasteiger partial charge in [0.25, 0.3) is 0 Å². The van der Waals surface area contributed by atoms with Gasteiger partial charge in [-0.05, 0) is 6.92 Å². The van der Waals surface area contributed by atoms with Crippen LogP contribution in [0.15, 0.2) is 12.1 Å². The summed E-state index contributed by atoms with van der Waals surface area (Å²) < 4.78 is 9.49. The SMILES string of the molecule is CCN(CC(=O)OC)c1nc(OC)ccc1[N+](=O)[O-]. The van der Waals surface area contributed by atoms with Crippen molar-refractivity contribution in [1.82, 2.24) is 4.98 Å². The van der Waals surface area contributed by atoms with Crippen LogP contribution in [0, 0.1) is 10.1 Å². The van der Waals surface area contributed by atoms with Crippen molar-refractivity contribution in [2.24, 2.45) is 0 Å². The molecule has 1 aromatic rings. The minimum atomic E-state index is -0.554. The predicted molar refractivity (Wildman–Crippen MR) is 67.3 cm³/mol. The molecule has 0 saturated carbocycles. The Morgan fingerprint density at radius 3 is 2.63 bits per heavy atom. The van der Waals surface area contributed by atoms with Gasteiger partial charge in [0.15, 0.2) is 0 Å². The Labute approximate surface area is 110 Å². The maximum Gasteiger partial charge on any atom is 0.325 e. The van der Waals surface area contributed by atoms with E-state index in [0.717, 1.165) is 0 Å². The molecule has 19 heavy (non-hydrogen) atoms. The van der Waals surface area contributed by atoms with Crippen LogP contribution < -0.4 is 9.64 Å². The van der Waals surface area contributed by atoms with E-state index < -0.39 is 10.9 Å². The fraction of sp³-hybridized carbons (Fsp3) is 0.455. The lowest BCUT2D eigenvalue weighted by Gasteiger charge is -2.20. The molecular formula is C11H15N3O5. The minimum absolute atomic E-state index is 0.0808. The molecule has 0 bridgehead atoms. The molecule has 0 radical (unpaired) electrons. The van der Waals surface area contributed by atoms with Crippen molar-refractivity contribution >= 4 is 17.5 Å². The number of nitro groups is 1. The summed E-state index contributed by atoms with van der Waals surface area (Å²) >= 11 is 0. The second-order valence-corrected chi connectivity index (χ2v) is 3.54. The standard InChI is InChI=1S/C11H15N3O5/c1-4-13(7-10(15)19-3)11-8(14(16)17)5-6-9(12-11)18-2/h5-6H,4,7H2,1-3H3. The second-order valence-electron chi connectivity index (χ2n) is 3.54. The predicted octanol–water partition coefficient (Wildman–Crippen LogP) is 0.998. The molecule has 104 valence electrons. The van der Waals surface area contributed by atoms with Crippen molar-refractivity contribution < 1.29 is 19.2 Å². The third-order valence-electron chi connectivity index (χ3n) is 2.46. The van der Waals surface area contributed by atoms with Gasteiger partial charge >= 0.3 is 11.7 Å². The van der Waals surface area contributed by atoms with Crippen LogP contribution in [0.5, 0.6) is 5.88 Å². The van der Waals surface area contributed by atoms with Crippen LogP contribution >= 0.6 is 0 Å². The number of hydrogen-bond donors (Lipinski definition) is 0. The van der Waals surface area contributed by atoms with Crippen molar-refractivity contribution in [2.45, 2.75) is 6.92 Å². The second kappa shape index (κ2) is 6.53. The molecule has 0 fully saturated rings. The Bertz CT molecular complexity index is 477. The third-order valence-corrected chi connectivity index (χ3v) is 2.46. The van der Waals surface area contributed by atoms with Gasteiger partial charge in [0.05, 0.1) is 19.1 Å². The summed E-state index contributed by atoms with van der Waals surface area (Å²) in [5.74, 6) is -0.179. The normalized spacial score (nSPS) is 9.84. The molecule has 0 atom stereocenters. The molecule has 0 spiro atoms. The molecule has 0 saturated heterocycles. The van der Waals surface area contributed by atoms with E-state index in [1.807, 2.05) is 0 Å². The first-order valence-electron chi connectivity index (χ1n) is 5.54. The van der Waals surface area contributed by atoms with Crippen molar-refractivity contribution in [3.05, 3.63) is 22.2 Å². The maximum absolute atomic E-state index is 11.3. The van der Waals surface area contributed by atoms with Gasteiger partial charge in [-0.3, -0.25) is 14.9 Å². The lowest BCUT2D eigenvalue weighted by Crippen LogP contribution is -2.31. The number of likely N-dealkylation sites (N-methyl/N-ethyl adjacent to an activating group) is 1. The van der Waals surface area contributed by atoms with Gasteiger partial charge in [0.1, 0.15) is 6.54 Å². The first-order chi connectivity index (χ1) is 9.03. The van der Waals surface area contributed by atoms with E-state index >= 15 is 0 Å². The minimum Gasteiger partial charge on any atom is -0.481 e. The zero-order chi connectivity index (χ0) is 14.4. The number of methoxy groups -OCH3 is 2. The number of rotatable bonds is 6. The highest BCUT2D eigenvalue weighted by molar-refractivity contribution is 5.76. The van der Waals surface area contributed by atoms with Crippen LogP contribution in [-0.2, 0) is 9.53 Å². The maximum atomic E-state index is 11.3. The lowest BCUT2D eigenvalue weighted by molar-refractivity contribution is -0.384. The molecule has 1 aromatic heterocycles. The van der Waals surface area contributed by atoms with Crippen LogP contribution in [0.25, 0.3) is 0 Å². The zero-order valence-electron chi connectivity index (χ0n) is 11.0. The van der Waals surface area contributed by atoms with Gasteiger partial charge in [-0.25, -0.2) is 0 Å². The Morgan fingerprint density at radius 1 is 1.47 bits per heavy atom. The van der Waals surface area contributed by atoms with Gasteiger partial charge < -0.3 is 14.4 Å². The Hall–Kier alpha value is -2.38. The van der Waals surface area contributed by atoms with Crippen molar-refractivity contribution in [2.75, 3.05) is 32.2 Å². The van der Waals surface area contributed by atoms with E-state index in [1.54, 1.807) is 6.92 Å². The number of anilines is 1. The highest BCUT2D eigenvalue weighted by Gasteiger charge is 2.23. The first kappa shape index (κ1) is 14.7. The number of esters is 1. The van der Waals surface area contributed by atoms with E-state index in [-0.39, 0.29) is 23.9 Å². The van der Waals surface area contributed by atoms with E-state index in [4.69, 9.17) is 4.74 Å². The number of hydrogen-bond acceptors (Lipinski definition) is 7. The summed E-state index contributed by atoms with van der Waals surface area (Å²) in [6.07, 6.45) is 0. The van der Waals surface area contributed by atoms with E-state index in [1.165, 1.54) is 31.3 Å². The summed E-state index contributed by atoms with van der Waals surface area (Å²) in [6.45, 7) is 2.01. The average Bonchev–Trinajstić information content (AvgIpc) is 2.43. The molecule has 1 rings (SSSR count). The smallest absolute Gasteiger partial charge is 0.325 e. The molecule has 0 aliphatic carbocycles. The molecule has 8 nitrogen and oxygen atoms in total. The molecular weight excluding hydrogens is 254 g/mol. The van der Waals surface area contributed by atoms with Crippen molar-refractivity contribution in [3.63, 3.8) is 0 Å². The summed E-state index contributed by atoms with van der Waals surface area (Å²) in [5.41, 5.74) is -0.188. The van der Waals surface area contributed by atoms with E-state index in [0.29, 0.717) is 6.54 Å². The summed E-state index contributed by atoms with van der Waals surface area (Å²) in [4.78, 5) is 27.2. The quantitative estimate of drug-likeness (QED) is 0.432. The monoisotopic (exact) mass is 269 g/mol. The van der Waals surface area contributed by atoms with Crippen LogP contribution in [0.3, 0.4) is 0 Å². The molecule has 0 unspecified atom stereocenters. The zero-order valence-corrected chi connectivity index (χ0v) is 11.0. The van der Waals surface area contributed by atoms with Crippen LogP contribution in [0.2, 0.25) is 0 Å². The Balaban J connectivity index is 3.18. The number of nitrogens with zero attached hydrogens (tertiary/aromatic N) is 3. The average molecular weight is 269 g/mol. The molecule has 0 aromatic carbocycles. The van der Waals surface area contributed by atoms with Gasteiger partial charge in [-0.2, -0.15) is 4.98 Å². The number of carbonyl (C=O) groups is 1. The highest BCUT2D eigenvalue weighted by atomic mass is 16.6. The molecule has 1 heterocycles. The van der Waals surface area contributed by atoms with Crippen molar-refractivity contribution in [3.8, 4) is 5.88 Å². The Morgan fingerprint density at radius 2 is 2.16 bits per heavy atom. The van der Waals surface area contributed by atoms with Crippen LogP contribution in [0.4, 0.5) is 11.5 Å². The molecule has 8 heteroatoms. The van der Waals surface area contributed by atoms with E-state index in [9.17, 15) is 14.9 Å². The number of aromatic nitrogens is 1. The third kappa shape index (κ3) is 3.54. The van der Waals surface area contributed by atoms with Gasteiger partial charge in [-0.15, -0.1) is 0 Å². The first-order valence-corrected chi connectivity index (χ1v) is 5.54. The topological polar surface area (TPSA) is 94.8 Å². The highest BCUT2D eigenvalue weighted by Crippen LogP contribution is 2.28. The van der Waals surface area contributed by atoms with Crippen LogP contribution in [0.1, 0.15) is 6.92 Å². The Kier molecular flexibility index (Phi) is 5.04. The largest absolute Gasteiger partial charge is 0.481 e. The molecule has 0 N–H and O–H groups in total. The number of carbonyl (C=O) groups excluding carboxylic acids is 1.